The summed E-state index contributed by atoms with van der Waals surface area (Å²) in [5, 5.41) is 9.41. The van der Waals surface area contributed by atoms with E-state index in [1.165, 1.54) is 5.57 Å². The van der Waals surface area contributed by atoms with Crippen LogP contribution < -0.4 is 0 Å². The minimum Gasteiger partial charge on any atom is -0.393 e. The van der Waals surface area contributed by atoms with Crippen LogP contribution in [0.15, 0.2) is 23.8 Å². The Bertz CT molecular complexity index is 271. The molecule has 1 heteroatoms. The van der Waals surface area contributed by atoms with Crippen molar-refractivity contribution < 1.29 is 5.11 Å². The van der Waals surface area contributed by atoms with Crippen LogP contribution in [0, 0.1) is 17.3 Å². The smallest absolute Gasteiger partial charge is 0.0572 e. The molecule has 0 fully saturated rings. The average Bonchev–Trinajstić information content (AvgIpc) is 2.39. The van der Waals surface area contributed by atoms with Crippen LogP contribution in [0.1, 0.15) is 41.0 Å². The molecule has 15 heavy (non-hydrogen) atoms. The molecule has 0 aliphatic heterocycles. The highest BCUT2D eigenvalue weighted by atomic mass is 16.3. The van der Waals surface area contributed by atoms with Gasteiger partial charge in [0.05, 0.1) is 6.10 Å². The van der Waals surface area contributed by atoms with E-state index in [0.717, 1.165) is 6.42 Å². The first kappa shape index (κ1) is 12.5. The summed E-state index contributed by atoms with van der Waals surface area (Å²) in [6.45, 7) is 10.7. The Kier molecular flexibility index (Phi) is 3.77. The van der Waals surface area contributed by atoms with E-state index in [1.54, 1.807) is 0 Å². The van der Waals surface area contributed by atoms with Gasteiger partial charge in [-0.1, -0.05) is 44.6 Å². The van der Waals surface area contributed by atoms with Gasteiger partial charge in [-0.25, -0.2) is 0 Å². The minimum absolute atomic E-state index is 0.250. The number of aliphatic hydroxyl groups is 1. The van der Waals surface area contributed by atoms with Crippen LogP contribution in [0.5, 0.6) is 0 Å². The van der Waals surface area contributed by atoms with Crippen LogP contribution in [0.2, 0.25) is 0 Å². The molecule has 1 rings (SSSR count). The van der Waals surface area contributed by atoms with Gasteiger partial charge < -0.3 is 5.11 Å². The summed E-state index contributed by atoms with van der Waals surface area (Å²) in [7, 11) is 0. The molecule has 0 heterocycles. The average molecular weight is 208 g/mol. The molecular formula is C14H24O. The van der Waals surface area contributed by atoms with E-state index in [2.05, 4.69) is 45.9 Å². The van der Waals surface area contributed by atoms with Gasteiger partial charge in [0.2, 0.25) is 0 Å². The Labute approximate surface area is 93.9 Å². The van der Waals surface area contributed by atoms with Crippen molar-refractivity contribution in [1.82, 2.24) is 0 Å². The van der Waals surface area contributed by atoms with Crippen molar-refractivity contribution in [1.29, 1.82) is 0 Å². The summed E-state index contributed by atoms with van der Waals surface area (Å²) in [5.74, 6) is 0.848. The Morgan fingerprint density at radius 2 is 2.07 bits per heavy atom. The van der Waals surface area contributed by atoms with Crippen molar-refractivity contribution in [3.63, 3.8) is 0 Å². The van der Waals surface area contributed by atoms with Crippen molar-refractivity contribution in [3.05, 3.63) is 23.8 Å². The molecule has 86 valence electrons. The molecule has 1 N–H and O–H groups in total. The van der Waals surface area contributed by atoms with Crippen molar-refractivity contribution in [2.24, 2.45) is 17.3 Å². The quantitative estimate of drug-likeness (QED) is 0.703. The fourth-order valence-corrected chi connectivity index (χ4v) is 1.94. The molecule has 0 unspecified atom stereocenters. The second-order valence-electron chi connectivity index (χ2n) is 5.44. The van der Waals surface area contributed by atoms with E-state index in [9.17, 15) is 5.11 Å². The minimum atomic E-state index is -0.250. The van der Waals surface area contributed by atoms with E-state index in [1.807, 2.05) is 6.92 Å². The molecular weight excluding hydrogens is 184 g/mol. The summed E-state index contributed by atoms with van der Waals surface area (Å²) in [6.07, 6.45) is 7.66. The van der Waals surface area contributed by atoms with Crippen LogP contribution in [-0.4, -0.2) is 11.2 Å². The van der Waals surface area contributed by atoms with Gasteiger partial charge in [-0.2, -0.15) is 0 Å². The van der Waals surface area contributed by atoms with Gasteiger partial charge in [-0.15, -0.1) is 0 Å². The third kappa shape index (κ3) is 2.72. The van der Waals surface area contributed by atoms with E-state index < -0.39 is 0 Å². The summed E-state index contributed by atoms with van der Waals surface area (Å²) in [6, 6.07) is 0. The second-order valence-corrected chi connectivity index (χ2v) is 5.44. The van der Waals surface area contributed by atoms with Crippen LogP contribution in [0.25, 0.3) is 0 Å². The number of rotatable bonds is 3. The zero-order chi connectivity index (χ0) is 11.6. The van der Waals surface area contributed by atoms with Crippen LogP contribution >= 0.6 is 0 Å². The maximum Gasteiger partial charge on any atom is 0.0572 e. The fraction of sp³-hybridized carbons (Fsp3) is 0.714. The zero-order valence-electron chi connectivity index (χ0n) is 10.6. The third-order valence-corrected chi connectivity index (χ3v) is 4.03. The number of aliphatic hydroxyl groups excluding tert-OH is 1. The van der Waals surface area contributed by atoms with Gasteiger partial charge in [-0.05, 0) is 37.5 Å². The fourth-order valence-electron chi connectivity index (χ4n) is 1.94. The second kappa shape index (κ2) is 4.52. The van der Waals surface area contributed by atoms with Crippen LogP contribution in [0.4, 0.5) is 0 Å². The van der Waals surface area contributed by atoms with Gasteiger partial charge in [0, 0.05) is 0 Å². The van der Waals surface area contributed by atoms with Crippen LogP contribution in [-0.2, 0) is 0 Å². The van der Waals surface area contributed by atoms with Crippen molar-refractivity contribution in [2.45, 2.75) is 47.1 Å². The summed E-state index contributed by atoms with van der Waals surface area (Å²) in [5.41, 5.74) is 1.77. The monoisotopic (exact) mass is 208 g/mol. The van der Waals surface area contributed by atoms with Gasteiger partial charge in [0.25, 0.3) is 0 Å². The number of allylic oxidation sites excluding steroid dienone is 3. The maximum absolute atomic E-state index is 9.41. The lowest BCUT2D eigenvalue weighted by atomic mass is 9.77. The molecule has 0 radical (unpaired) electrons. The first-order chi connectivity index (χ1) is 6.85. The molecule has 0 saturated heterocycles. The molecule has 0 bridgehead atoms. The van der Waals surface area contributed by atoms with Crippen molar-refractivity contribution in [2.75, 3.05) is 0 Å². The molecule has 0 aromatic rings. The van der Waals surface area contributed by atoms with Gasteiger partial charge >= 0.3 is 0 Å². The SMILES string of the molecule is CC1=CC[C@@H](C=C[C@H](C)[C@@H](C)O)C1(C)C. The Hall–Kier alpha value is -0.560. The maximum atomic E-state index is 9.41. The highest BCUT2D eigenvalue weighted by molar-refractivity contribution is 5.22. The largest absolute Gasteiger partial charge is 0.393 e. The lowest BCUT2D eigenvalue weighted by Gasteiger charge is -2.27. The van der Waals surface area contributed by atoms with Crippen molar-refractivity contribution in [3.8, 4) is 0 Å². The van der Waals surface area contributed by atoms with E-state index in [0.29, 0.717) is 5.92 Å². The molecule has 0 spiro atoms. The van der Waals surface area contributed by atoms with Crippen LogP contribution in [0.3, 0.4) is 0 Å². The predicted octanol–water partition coefficient (Wildman–Crippen LogP) is 3.55. The summed E-state index contributed by atoms with van der Waals surface area (Å²) >= 11 is 0. The topological polar surface area (TPSA) is 20.2 Å². The lowest BCUT2D eigenvalue weighted by molar-refractivity contribution is 0.156. The Morgan fingerprint density at radius 1 is 1.47 bits per heavy atom. The first-order valence-electron chi connectivity index (χ1n) is 5.89. The van der Waals surface area contributed by atoms with E-state index in [-0.39, 0.29) is 17.4 Å². The molecule has 0 amide bonds. The first-order valence-corrected chi connectivity index (χ1v) is 5.89. The lowest BCUT2D eigenvalue weighted by Crippen LogP contribution is -2.19. The molecule has 1 aliphatic carbocycles. The Balaban J connectivity index is 2.62. The highest BCUT2D eigenvalue weighted by Crippen LogP contribution is 2.43. The molecule has 1 nitrogen and oxygen atoms in total. The Morgan fingerprint density at radius 3 is 2.47 bits per heavy atom. The summed E-state index contributed by atoms with van der Waals surface area (Å²) < 4.78 is 0. The molecule has 0 aromatic carbocycles. The van der Waals surface area contributed by atoms with Gasteiger partial charge in [0.1, 0.15) is 0 Å². The third-order valence-electron chi connectivity index (χ3n) is 4.03. The molecule has 0 aromatic heterocycles. The van der Waals surface area contributed by atoms with Crippen molar-refractivity contribution >= 4 is 0 Å². The summed E-state index contributed by atoms with van der Waals surface area (Å²) in [4.78, 5) is 0. The number of hydrogen-bond donors (Lipinski definition) is 1. The number of hydrogen-bond acceptors (Lipinski definition) is 1. The predicted molar refractivity (Wildman–Crippen MR) is 65.6 cm³/mol. The van der Waals surface area contributed by atoms with Gasteiger partial charge in [0.15, 0.2) is 0 Å². The molecule has 3 atom stereocenters. The molecule has 0 saturated carbocycles. The normalized spacial score (nSPS) is 29.2. The van der Waals surface area contributed by atoms with Gasteiger partial charge in [-0.3, -0.25) is 0 Å². The molecule has 1 aliphatic rings. The highest BCUT2D eigenvalue weighted by Gasteiger charge is 2.32. The standard InChI is InChI=1S/C14H24O/c1-10(12(3)15)6-8-13-9-7-11(2)14(13,4)5/h6-8,10,12-13,15H,9H2,1-5H3/t10-,12+,13+/m0/s1. The van der Waals surface area contributed by atoms with E-state index >= 15 is 0 Å². The van der Waals surface area contributed by atoms with E-state index in [4.69, 9.17) is 0 Å². The zero-order valence-corrected chi connectivity index (χ0v) is 10.6.